The van der Waals surface area contributed by atoms with E-state index in [0.29, 0.717) is 19.4 Å². The Morgan fingerprint density at radius 3 is 2.57 bits per heavy atom. The van der Waals surface area contributed by atoms with Crippen LogP contribution in [0.3, 0.4) is 0 Å². The summed E-state index contributed by atoms with van der Waals surface area (Å²) in [5.74, 6) is 0.268. The molecular formula is C22H25Cl2N3O-2. The van der Waals surface area contributed by atoms with Crippen LogP contribution in [-0.4, -0.2) is 19.5 Å². The van der Waals surface area contributed by atoms with Crippen LogP contribution in [-0.2, 0) is 4.79 Å². The number of carbonyl (C=O) groups is 1. The van der Waals surface area contributed by atoms with E-state index in [2.05, 4.69) is 66.0 Å². The van der Waals surface area contributed by atoms with E-state index in [4.69, 9.17) is 5.73 Å². The number of anilines is 2. The molecule has 0 aliphatic carbocycles. The average molecular weight is 418 g/mol. The molecular weight excluding hydrogens is 393 g/mol. The first kappa shape index (κ1) is 23.8. The Morgan fingerprint density at radius 1 is 1.14 bits per heavy atom. The molecule has 150 valence electrons. The van der Waals surface area contributed by atoms with E-state index >= 15 is 0 Å². The monoisotopic (exact) mass is 417 g/mol. The lowest BCUT2D eigenvalue weighted by atomic mass is 9.93. The van der Waals surface area contributed by atoms with E-state index < -0.39 is 0 Å². The summed E-state index contributed by atoms with van der Waals surface area (Å²) in [5.41, 5.74) is 9.89. The van der Waals surface area contributed by atoms with Crippen molar-refractivity contribution in [1.29, 1.82) is 0 Å². The first-order valence-electron chi connectivity index (χ1n) is 8.95. The lowest BCUT2D eigenvalue weighted by molar-refractivity contribution is -0.116. The Labute approximate surface area is 179 Å². The molecule has 2 aromatic rings. The highest BCUT2D eigenvalue weighted by Gasteiger charge is 2.15. The van der Waals surface area contributed by atoms with Crippen LogP contribution < -0.4 is 40.8 Å². The molecule has 1 heterocycles. The van der Waals surface area contributed by atoms with Crippen LogP contribution in [0.5, 0.6) is 0 Å². The van der Waals surface area contributed by atoms with E-state index in [9.17, 15) is 4.79 Å². The molecule has 28 heavy (non-hydrogen) atoms. The van der Waals surface area contributed by atoms with Crippen molar-refractivity contribution in [3.05, 3.63) is 78.0 Å². The third kappa shape index (κ3) is 6.13. The lowest BCUT2D eigenvalue weighted by Crippen LogP contribution is -3.00. The standard InChI is InChI=1S/C22H25N3O.2ClH/c1-25-16-14-18(20-5-2-3-6-21(20)25)11-8-17-9-12-19(13-10-17)24-22(26)7-4-15-23;;/h2-3,5-6,8-14,16,18H,4,7,15,23H2,1H3,(H,24,26);2*1H/p-2/b11-8+;;. The van der Waals surface area contributed by atoms with Crippen LogP contribution >= 0.6 is 0 Å². The molecule has 2 aromatic carbocycles. The summed E-state index contributed by atoms with van der Waals surface area (Å²) < 4.78 is 0. The number of allylic oxidation sites excluding steroid dienone is 2. The number of carbonyl (C=O) groups excluding carboxylic acids is 1. The fourth-order valence-electron chi connectivity index (χ4n) is 3.04. The number of hydrogen-bond acceptors (Lipinski definition) is 3. The highest BCUT2D eigenvalue weighted by Crippen LogP contribution is 2.33. The maximum Gasteiger partial charge on any atom is 0.224 e. The van der Waals surface area contributed by atoms with Gasteiger partial charge in [-0.1, -0.05) is 48.6 Å². The van der Waals surface area contributed by atoms with Crippen LogP contribution in [0.2, 0.25) is 0 Å². The maximum atomic E-state index is 11.7. The molecule has 6 heteroatoms. The number of amides is 1. The number of hydrogen-bond donors (Lipinski definition) is 2. The van der Waals surface area contributed by atoms with Gasteiger partial charge in [-0.2, -0.15) is 0 Å². The van der Waals surface area contributed by atoms with Gasteiger partial charge in [0.15, 0.2) is 0 Å². The predicted molar refractivity (Wildman–Crippen MR) is 109 cm³/mol. The van der Waals surface area contributed by atoms with Gasteiger partial charge < -0.3 is 40.8 Å². The molecule has 4 nitrogen and oxygen atoms in total. The summed E-state index contributed by atoms with van der Waals surface area (Å²) in [7, 11) is 2.07. The van der Waals surface area contributed by atoms with Crippen LogP contribution in [0.4, 0.5) is 11.4 Å². The number of benzene rings is 2. The number of para-hydroxylation sites is 1. The predicted octanol–water partition coefficient (Wildman–Crippen LogP) is -1.87. The number of halogens is 2. The van der Waals surface area contributed by atoms with E-state index in [0.717, 1.165) is 11.3 Å². The van der Waals surface area contributed by atoms with E-state index in [1.165, 1.54) is 11.3 Å². The average Bonchev–Trinajstić information content (AvgIpc) is 2.67. The number of nitrogens with one attached hydrogen (secondary N) is 1. The quantitative estimate of drug-likeness (QED) is 0.578. The summed E-state index contributed by atoms with van der Waals surface area (Å²) in [4.78, 5) is 13.9. The van der Waals surface area contributed by atoms with Gasteiger partial charge in [0.2, 0.25) is 5.91 Å². The van der Waals surface area contributed by atoms with Crippen molar-refractivity contribution in [2.75, 3.05) is 23.8 Å². The summed E-state index contributed by atoms with van der Waals surface area (Å²) in [6.07, 6.45) is 9.80. The van der Waals surface area contributed by atoms with Crippen molar-refractivity contribution in [1.82, 2.24) is 0 Å². The normalized spacial score (nSPS) is 14.8. The second-order valence-corrected chi connectivity index (χ2v) is 6.46. The van der Waals surface area contributed by atoms with Gasteiger partial charge in [0.05, 0.1) is 0 Å². The zero-order valence-electron chi connectivity index (χ0n) is 15.8. The Hall–Kier alpha value is -2.27. The smallest absolute Gasteiger partial charge is 0.224 e. The minimum atomic E-state index is 0. The minimum absolute atomic E-state index is 0. The van der Waals surface area contributed by atoms with Crippen LogP contribution in [0.15, 0.2) is 66.9 Å². The van der Waals surface area contributed by atoms with Gasteiger partial charge in [-0.05, 0) is 42.3 Å². The third-order valence-electron chi connectivity index (χ3n) is 4.49. The van der Waals surface area contributed by atoms with Crippen molar-refractivity contribution >= 4 is 23.4 Å². The summed E-state index contributed by atoms with van der Waals surface area (Å²) in [5, 5.41) is 2.89. The van der Waals surface area contributed by atoms with Gasteiger partial charge in [-0.3, -0.25) is 4.79 Å². The zero-order chi connectivity index (χ0) is 18.4. The highest BCUT2D eigenvalue weighted by molar-refractivity contribution is 5.90. The van der Waals surface area contributed by atoms with Gasteiger partial charge in [0.1, 0.15) is 0 Å². The molecule has 0 spiro atoms. The van der Waals surface area contributed by atoms with Gasteiger partial charge >= 0.3 is 0 Å². The third-order valence-corrected chi connectivity index (χ3v) is 4.49. The molecule has 0 saturated carbocycles. The van der Waals surface area contributed by atoms with E-state index in [-0.39, 0.29) is 36.6 Å². The second kappa shape index (κ2) is 11.5. The Bertz CT molecular complexity index is 819. The topological polar surface area (TPSA) is 58.4 Å². The van der Waals surface area contributed by atoms with Gasteiger partial charge in [0.25, 0.3) is 0 Å². The molecule has 1 unspecified atom stereocenters. The largest absolute Gasteiger partial charge is 1.00 e. The lowest BCUT2D eigenvalue weighted by Gasteiger charge is -2.26. The molecule has 1 aliphatic rings. The van der Waals surface area contributed by atoms with Gasteiger partial charge in [-0.15, -0.1) is 0 Å². The molecule has 1 amide bonds. The number of nitrogens with two attached hydrogens (primary N) is 1. The fraction of sp³-hybridized carbons (Fsp3) is 0.227. The Kier molecular flexibility index (Phi) is 9.80. The highest BCUT2D eigenvalue weighted by atomic mass is 35.5. The minimum Gasteiger partial charge on any atom is -1.00 e. The first-order valence-corrected chi connectivity index (χ1v) is 8.95. The van der Waals surface area contributed by atoms with Crippen molar-refractivity contribution in [3.8, 4) is 0 Å². The zero-order valence-corrected chi connectivity index (χ0v) is 17.3. The van der Waals surface area contributed by atoms with Crippen LogP contribution in [0, 0.1) is 0 Å². The molecule has 0 aromatic heterocycles. The van der Waals surface area contributed by atoms with Gasteiger partial charge in [-0.25, -0.2) is 0 Å². The fourth-order valence-corrected chi connectivity index (χ4v) is 3.04. The van der Waals surface area contributed by atoms with Crippen molar-refractivity contribution in [3.63, 3.8) is 0 Å². The van der Waals surface area contributed by atoms with Crippen molar-refractivity contribution in [2.24, 2.45) is 5.73 Å². The van der Waals surface area contributed by atoms with E-state index in [1.807, 2.05) is 24.3 Å². The second-order valence-electron chi connectivity index (χ2n) is 6.46. The molecule has 0 radical (unpaired) electrons. The van der Waals surface area contributed by atoms with Crippen molar-refractivity contribution < 1.29 is 29.6 Å². The maximum absolute atomic E-state index is 11.7. The SMILES string of the molecule is CN1C=CC(/C=C/c2ccc(NC(=O)CCCN)cc2)c2ccccc21.[Cl-].[Cl-]. The van der Waals surface area contributed by atoms with Gasteiger partial charge in [0, 0.05) is 37.0 Å². The summed E-state index contributed by atoms with van der Waals surface area (Å²) in [6, 6.07) is 16.3. The summed E-state index contributed by atoms with van der Waals surface area (Å²) in [6.45, 7) is 0.533. The molecule has 3 N–H and O–H groups in total. The Balaban J connectivity index is 0.00000196. The van der Waals surface area contributed by atoms with Crippen molar-refractivity contribution in [2.45, 2.75) is 18.8 Å². The molecule has 1 aliphatic heterocycles. The number of fused-ring (bicyclic) bond motifs is 1. The Morgan fingerprint density at radius 2 is 1.86 bits per heavy atom. The molecule has 3 rings (SSSR count). The molecule has 0 fully saturated rings. The molecule has 0 bridgehead atoms. The first-order chi connectivity index (χ1) is 12.7. The van der Waals surface area contributed by atoms with Crippen LogP contribution in [0.1, 0.15) is 29.9 Å². The number of nitrogens with zero attached hydrogens (tertiary/aromatic N) is 1. The molecule has 1 atom stereocenters. The molecule has 0 saturated heterocycles. The number of rotatable bonds is 6. The van der Waals surface area contributed by atoms with Crippen LogP contribution in [0.25, 0.3) is 6.08 Å². The van der Waals surface area contributed by atoms with E-state index in [1.54, 1.807) is 0 Å². The summed E-state index contributed by atoms with van der Waals surface area (Å²) >= 11 is 0.